The van der Waals surface area contributed by atoms with Gasteiger partial charge in [0, 0.05) is 18.7 Å². The van der Waals surface area contributed by atoms with E-state index in [0.717, 1.165) is 5.56 Å². The van der Waals surface area contributed by atoms with E-state index in [9.17, 15) is 13.5 Å². The molecule has 2 N–H and O–H groups in total. The molecule has 1 aliphatic heterocycles. The van der Waals surface area contributed by atoms with Crippen LogP contribution in [-0.4, -0.2) is 48.7 Å². The van der Waals surface area contributed by atoms with Gasteiger partial charge in [0.2, 0.25) is 10.0 Å². The minimum absolute atomic E-state index is 0.114. The smallest absolute Gasteiger partial charge is 0.244 e. The van der Waals surface area contributed by atoms with Crippen LogP contribution in [0, 0.1) is 18.8 Å². The van der Waals surface area contributed by atoms with Gasteiger partial charge in [0.25, 0.3) is 0 Å². The summed E-state index contributed by atoms with van der Waals surface area (Å²) in [4.78, 5) is 0.128. The molecule has 21 heavy (non-hydrogen) atoms. The van der Waals surface area contributed by atoms with Crippen LogP contribution in [0.4, 0.5) is 0 Å². The topological polar surface area (TPSA) is 77.8 Å². The molecule has 0 saturated carbocycles. The van der Waals surface area contributed by atoms with Crippen molar-refractivity contribution >= 4 is 10.0 Å². The Balaban J connectivity index is 2.44. The van der Waals surface area contributed by atoms with Crippen LogP contribution >= 0.6 is 0 Å². The lowest BCUT2D eigenvalue weighted by molar-refractivity contribution is 0.108. The summed E-state index contributed by atoms with van der Waals surface area (Å²) < 4.78 is 26.7. The van der Waals surface area contributed by atoms with Crippen molar-refractivity contribution in [1.82, 2.24) is 4.31 Å². The Morgan fingerprint density at radius 1 is 1.43 bits per heavy atom. The van der Waals surface area contributed by atoms with Crippen molar-refractivity contribution in [3.8, 4) is 11.8 Å². The van der Waals surface area contributed by atoms with Crippen LogP contribution in [-0.2, 0) is 10.0 Å². The zero-order valence-corrected chi connectivity index (χ0v) is 12.7. The Hall–Kier alpha value is -1.39. The van der Waals surface area contributed by atoms with Crippen molar-refractivity contribution < 1.29 is 18.6 Å². The molecular formula is C15H19NO4S. The molecule has 1 aromatic rings. The van der Waals surface area contributed by atoms with Crippen LogP contribution < -0.4 is 0 Å². The Bertz CT molecular complexity index is 673. The quantitative estimate of drug-likeness (QED) is 0.779. The number of aryl methyl sites for hydroxylation is 1. The fourth-order valence-electron chi connectivity index (χ4n) is 2.38. The molecule has 0 radical (unpaired) electrons. The van der Waals surface area contributed by atoms with Crippen molar-refractivity contribution in [2.45, 2.75) is 30.8 Å². The number of hydrogen-bond acceptors (Lipinski definition) is 4. The molecule has 0 aromatic heterocycles. The largest absolute Gasteiger partial charge is 0.392 e. The van der Waals surface area contributed by atoms with Crippen LogP contribution in [0.2, 0.25) is 0 Å². The number of benzene rings is 1. The first-order valence-corrected chi connectivity index (χ1v) is 8.28. The second kappa shape index (κ2) is 6.58. The first kappa shape index (κ1) is 16.0. The van der Waals surface area contributed by atoms with E-state index in [2.05, 4.69) is 11.8 Å². The molecule has 2 rings (SSSR count). The lowest BCUT2D eigenvalue weighted by Crippen LogP contribution is -2.42. The number of nitrogens with zero attached hydrogens (tertiary/aromatic N) is 1. The number of hydrogen-bond donors (Lipinski definition) is 2. The summed E-state index contributed by atoms with van der Waals surface area (Å²) in [6.07, 6.45) is 0.645. The normalized spacial score (nSPS) is 19.9. The summed E-state index contributed by atoms with van der Waals surface area (Å²) in [6.45, 7) is 2.05. The zero-order valence-electron chi connectivity index (χ0n) is 11.9. The number of β-amino-alcohol motifs (C(OH)–C–C–N with tert-alkyl or cyclic N) is 1. The Labute approximate surface area is 125 Å². The van der Waals surface area contributed by atoms with Gasteiger partial charge in [-0.1, -0.05) is 17.9 Å². The first-order valence-electron chi connectivity index (χ1n) is 6.83. The average Bonchev–Trinajstić information content (AvgIpc) is 2.45. The summed E-state index contributed by atoms with van der Waals surface area (Å²) in [5, 5.41) is 18.5. The van der Waals surface area contributed by atoms with Crippen LogP contribution in [0.5, 0.6) is 0 Å². The molecule has 0 bridgehead atoms. The third-order valence-electron chi connectivity index (χ3n) is 3.41. The molecule has 1 aliphatic rings. The number of aliphatic hydroxyl groups is 2. The van der Waals surface area contributed by atoms with Gasteiger partial charge >= 0.3 is 0 Å². The second-order valence-electron chi connectivity index (χ2n) is 5.12. The highest BCUT2D eigenvalue weighted by Gasteiger charge is 2.30. The molecule has 6 heteroatoms. The van der Waals surface area contributed by atoms with Crippen LogP contribution in [0.1, 0.15) is 24.0 Å². The zero-order chi connectivity index (χ0) is 15.5. The fourth-order valence-corrected chi connectivity index (χ4v) is 4.02. The SMILES string of the molecule is Cc1ccc(S(=O)(=O)N2CCCC(O)C2)c(C#CCO)c1. The number of sulfonamides is 1. The van der Waals surface area contributed by atoms with E-state index in [0.29, 0.717) is 24.9 Å². The third-order valence-corrected chi connectivity index (χ3v) is 5.34. The van der Waals surface area contributed by atoms with E-state index in [1.165, 1.54) is 10.4 Å². The first-order chi connectivity index (χ1) is 9.95. The Morgan fingerprint density at radius 2 is 2.19 bits per heavy atom. The van der Waals surface area contributed by atoms with Gasteiger partial charge in [0.1, 0.15) is 6.61 Å². The number of piperidine rings is 1. The summed E-state index contributed by atoms with van der Waals surface area (Å²) in [6, 6.07) is 4.94. The minimum atomic E-state index is -3.68. The van der Waals surface area contributed by atoms with Gasteiger partial charge in [-0.25, -0.2) is 8.42 Å². The predicted octanol–water partition coefficient (Wildman–Crippen LogP) is 0.484. The third kappa shape index (κ3) is 3.63. The molecular weight excluding hydrogens is 290 g/mol. The lowest BCUT2D eigenvalue weighted by atomic mass is 10.1. The monoisotopic (exact) mass is 309 g/mol. The van der Waals surface area contributed by atoms with E-state index in [1.807, 2.05) is 6.92 Å². The molecule has 1 atom stereocenters. The molecule has 1 aromatic carbocycles. The van der Waals surface area contributed by atoms with Gasteiger partial charge in [-0.15, -0.1) is 0 Å². The molecule has 1 heterocycles. The number of rotatable bonds is 2. The van der Waals surface area contributed by atoms with Gasteiger partial charge in [-0.2, -0.15) is 4.31 Å². The Morgan fingerprint density at radius 3 is 2.86 bits per heavy atom. The maximum absolute atomic E-state index is 12.7. The summed E-state index contributed by atoms with van der Waals surface area (Å²) in [7, 11) is -3.68. The second-order valence-corrected chi connectivity index (χ2v) is 7.02. The highest BCUT2D eigenvalue weighted by Crippen LogP contribution is 2.24. The summed E-state index contributed by atoms with van der Waals surface area (Å²) in [5.41, 5.74) is 1.28. The van der Waals surface area contributed by atoms with E-state index in [-0.39, 0.29) is 18.0 Å². The van der Waals surface area contributed by atoms with Gasteiger partial charge < -0.3 is 10.2 Å². The van der Waals surface area contributed by atoms with E-state index in [4.69, 9.17) is 5.11 Å². The van der Waals surface area contributed by atoms with E-state index >= 15 is 0 Å². The van der Waals surface area contributed by atoms with Gasteiger partial charge in [-0.3, -0.25) is 0 Å². The molecule has 1 unspecified atom stereocenters. The van der Waals surface area contributed by atoms with E-state index in [1.54, 1.807) is 12.1 Å². The van der Waals surface area contributed by atoms with Crippen molar-refractivity contribution in [2.75, 3.05) is 19.7 Å². The predicted molar refractivity (Wildman–Crippen MR) is 79.1 cm³/mol. The summed E-state index contributed by atoms with van der Waals surface area (Å²) >= 11 is 0. The van der Waals surface area contributed by atoms with Gasteiger partial charge in [-0.05, 0) is 37.5 Å². The molecule has 5 nitrogen and oxygen atoms in total. The fraction of sp³-hybridized carbons (Fsp3) is 0.467. The average molecular weight is 309 g/mol. The van der Waals surface area contributed by atoms with Crippen molar-refractivity contribution in [3.05, 3.63) is 29.3 Å². The molecule has 114 valence electrons. The van der Waals surface area contributed by atoms with Crippen LogP contribution in [0.25, 0.3) is 0 Å². The van der Waals surface area contributed by atoms with Crippen molar-refractivity contribution in [1.29, 1.82) is 0 Å². The molecule has 1 fully saturated rings. The van der Waals surface area contributed by atoms with E-state index < -0.39 is 16.1 Å². The van der Waals surface area contributed by atoms with Crippen LogP contribution in [0.15, 0.2) is 23.1 Å². The lowest BCUT2D eigenvalue weighted by Gasteiger charge is -2.29. The maximum atomic E-state index is 12.7. The van der Waals surface area contributed by atoms with Crippen LogP contribution in [0.3, 0.4) is 0 Å². The number of aliphatic hydroxyl groups excluding tert-OH is 2. The minimum Gasteiger partial charge on any atom is -0.392 e. The van der Waals surface area contributed by atoms with Gasteiger partial charge in [0.05, 0.1) is 11.0 Å². The molecule has 0 aliphatic carbocycles. The summed E-state index contributed by atoms with van der Waals surface area (Å²) in [5.74, 6) is 5.18. The molecule has 0 spiro atoms. The highest BCUT2D eigenvalue weighted by molar-refractivity contribution is 7.89. The molecule has 1 saturated heterocycles. The molecule has 0 amide bonds. The van der Waals surface area contributed by atoms with Crippen molar-refractivity contribution in [2.24, 2.45) is 0 Å². The highest BCUT2D eigenvalue weighted by atomic mass is 32.2. The van der Waals surface area contributed by atoms with Gasteiger partial charge in [0.15, 0.2) is 0 Å². The van der Waals surface area contributed by atoms with Crippen molar-refractivity contribution in [3.63, 3.8) is 0 Å². The Kier molecular flexibility index (Phi) is 5.01. The standard InChI is InChI=1S/C15H19NO4S/c1-12-6-7-15(13(10-12)4-3-9-17)21(19,20)16-8-2-5-14(18)11-16/h6-7,10,14,17-18H,2,5,8-9,11H2,1H3. The maximum Gasteiger partial charge on any atom is 0.244 e.